The Kier molecular flexibility index (Phi) is 4.63. The number of ketones is 1. The molecule has 0 spiro atoms. The van der Waals surface area contributed by atoms with Crippen LogP contribution in [0.25, 0.3) is 0 Å². The molecule has 1 aromatic carbocycles. The van der Waals surface area contributed by atoms with Gasteiger partial charge in [-0.15, -0.1) is 5.10 Å². The summed E-state index contributed by atoms with van der Waals surface area (Å²) in [7, 11) is 0. The maximum Gasteiger partial charge on any atom is 0.189 e. The predicted molar refractivity (Wildman–Crippen MR) is 77.6 cm³/mol. The van der Waals surface area contributed by atoms with Crippen molar-refractivity contribution in [2.24, 2.45) is 5.73 Å². The number of rotatable bonds is 6. The van der Waals surface area contributed by atoms with Gasteiger partial charge in [-0.25, -0.2) is 0 Å². The lowest BCUT2D eigenvalue weighted by Gasteiger charge is -2.05. The van der Waals surface area contributed by atoms with E-state index in [1.165, 1.54) is 5.56 Å². The SMILES string of the molecule is CC(C)c1ccc(CC(=O)c2cn(CCN)nn2)cc1. The molecule has 0 bridgehead atoms. The fourth-order valence-electron chi connectivity index (χ4n) is 1.96. The van der Waals surface area contributed by atoms with Crippen molar-refractivity contribution in [2.75, 3.05) is 6.54 Å². The first-order valence-electron chi connectivity index (χ1n) is 6.82. The molecule has 0 saturated heterocycles. The van der Waals surface area contributed by atoms with Gasteiger partial charge in [-0.05, 0) is 17.0 Å². The van der Waals surface area contributed by atoms with Gasteiger partial charge in [0.2, 0.25) is 0 Å². The lowest BCUT2D eigenvalue weighted by atomic mass is 10.00. The molecule has 5 nitrogen and oxygen atoms in total. The van der Waals surface area contributed by atoms with Crippen LogP contribution in [0.2, 0.25) is 0 Å². The van der Waals surface area contributed by atoms with E-state index in [-0.39, 0.29) is 5.78 Å². The Bertz CT molecular complexity index is 572. The van der Waals surface area contributed by atoms with Gasteiger partial charge >= 0.3 is 0 Å². The van der Waals surface area contributed by atoms with Crippen molar-refractivity contribution in [2.45, 2.75) is 32.7 Å². The molecule has 20 heavy (non-hydrogen) atoms. The average Bonchev–Trinajstić information content (AvgIpc) is 2.88. The van der Waals surface area contributed by atoms with Crippen LogP contribution in [0.4, 0.5) is 0 Å². The molecule has 0 saturated carbocycles. The van der Waals surface area contributed by atoms with Gasteiger partial charge < -0.3 is 5.73 Å². The minimum atomic E-state index is -0.0226. The third-order valence-corrected chi connectivity index (χ3v) is 3.19. The summed E-state index contributed by atoms with van der Waals surface area (Å²) < 4.78 is 1.59. The zero-order chi connectivity index (χ0) is 14.5. The molecule has 0 aliphatic heterocycles. The van der Waals surface area contributed by atoms with Crippen LogP contribution >= 0.6 is 0 Å². The molecular formula is C15H20N4O. The molecule has 0 aliphatic rings. The third kappa shape index (κ3) is 3.51. The predicted octanol–water partition coefficient (Wildman–Crippen LogP) is 1.79. The van der Waals surface area contributed by atoms with Crippen molar-refractivity contribution < 1.29 is 4.79 Å². The van der Waals surface area contributed by atoms with Gasteiger partial charge in [-0.2, -0.15) is 0 Å². The molecule has 0 aliphatic carbocycles. The number of Topliss-reactive ketones (excluding diaryl/α,β-unsaturated/α-hetero) is 1. The third-order valence-electron chi connectivity index (χ3n) is 3.19. The highest BCUT2D eigenvalue weighted by Gasteiger charge is 2.11. The molecule has 2 rings (SSSR count). The van der Waals surface area contributed by atoms with Crippen molar-refractivity contribution >= 4 is 5.78 Å². The molecule has 1 heterocycles. The van der Waals surface area contributed by atoms with Crippen molar-refractivity contribution in [1.82, 2.24) is 15.0 Å². The van der Waals surface area contributed by atoms with Crippen LogP contribution in [0.1, 0.15) is 41.4 Å². The number of benzene rings is 1. The molecule has 106 valence electrons. The van der Waals surface area contributed by atoms with Crippen molar-refractivity contribution in [3.63, 3.8) is 0 Å². The second-order valence-corrected chi connectivity index (χ2v) is 5.15. The largest absolute Gasteiger partial charge is 0.329 e. The van der Waals surface area contributed by atoms with E-state index in [0.29, 0.717) is 31.1 Å². The molecular weight excluding hydrogens is 252 g/mol. The molecule has 2 aromatic rings. The van der Waals surface area contributed by atoms with Gasteiger partial charge in [-0.1, -0.05) is 43.3 Å². The fraction of sp³-hybridized carbons (Fsp3) is 0.400. The Morgan fingerprint density at radius 3 is 2.60 bits per heavy atom. The van der Waals surface area contributed by atoms with Crippen LogP contribution in [0.3, 0.4) is 0 Å². The monoisotopic (exact) mass is 272 g/mol. The first kappa shape index (κ1) is 14.4. The minimum Gasteiger partial charge on any atom is -0.329 e. The maximum atomic E-state index is 12.1. The summed E-state index contributed by atoms with van der Waals surface area (Å²) in [6.07, 6.45) is 2.00. The smallest absolute Gasteiger partial charge is 0.189 e. The number of aromatic nitrogens is 3. The van der Waals surface area contributed by atoms with E-state index >= 15 is 0 Å². The van der Waals surface area contributed by atoms with Crippen LogP contribution < -0.4 is 5.73 Å². The average molecular weight is 272 g/mol. The Morgan fingerprint density at radius 1 is 1.30 bits per heavy atom. The topological polar surface area (TPSA) is 73.8 Å². The van der Waals surface area contributed by atoms with E-state index in [1.807, 2.05) is 12.1 Å². The summed E-state index contributed by atoms with van der Waals surface area (Å²) in [5.74, 6) is 0.474. The summed E-state index contributed by atoms with van der Waals surface area (Å²) in [5.41, 5.74) is 8.10. The second kappa shape index (κ2) is 6.43. The number of hydrogen-bond donors (Lipinski definition) is 1. The van der Waals surface area contributed by atoms with Crippen molar-refractivity contribution in [3.8, 4) is 0 Å². The summed E-state index contributed by atoms with van der Waals surface area (Å²) in [4.78, 5) is 12.1. The molecule has 0 fully saturated rings. The van der Waals surface area contributed by atoms with Gasteiger partial charge in [0.15, 0.2) is 5.78 Å². The first-order valence-corrected chi connectivity index (χ1v) is 6.82. The molecule has 0 atom stereocenters. The van der Waals surface area contributed by atoms with E-state index in [9.17, 15) is 4.79 Å². The summed E-state index contributed by atoms with van der Waals surface area (Å²) in [6.45, 7) is 5.35. The summed E-state index contributed by atoms with van der Waals surface area (Å²) >= 11 is 0. The molecule has 2 N–H and O–H groups in total. The van der Waals surface area contributed by atoms with Crippen LogP contribution in [-0.2, 0) is 13.0 Å². The molecule has 1 aromatic heterocycles. The highest BCUT2D eigenvalue weighted by Crippen LogP contribution is 2.15. The van der Waals surface area contributed by atoms with Crippen molar-refractivity contribution in [1.29, 1.82) is 0 Å². The van der Waals surface area contributed by atoms with Crippen LogP contribution in [0.15, 0.2) is 30.5 Å². The van der Waals surface area contributed by atoms with Gasteiger partial charge in [0, 0.05) is 13.0 Å². The highest BCUT2D eigenvalue weighted by atomic mass is 16.1. The molecule has 0 unspecified atom stereocenters. The Labute approximate surface area is 118 Å². The summed E-state index contributed by atoms with van der Waals surface area (Å²) in [6, 6.07) is 8.13. The lowest BCUT2D eigenvalue weighted by molar-refractivity contribution is 0.0988. The Balaban J connectivity index is 2.03. The maximum absolute atomic E-state index is 12.1. The number of carbonyl (C=O) groups excluding carboxylic acids is 1. The molecule has 5 heteroatoms. The minimum absolute atomic E-state index is 0.0226. The molecule has 0 radical (unpaired) electrons. The normalized spacial score (nSPS) is 11.0. The first-order chi connectivity index (χ1) is 9.60. The van der Waals surface area contributed by atoms with E-state index in [0.717, 1.165) is 5.56 Å². The van der Waals surface area contributed by atoms with E-state index in [4.69, 9.17) is 5.73 Å². The van der Waals surface area contributed by atoms with Gasteiger partial charge in [0.25, 0.3) is 0 Å². The Morgan fingerprint density at radius 2 is 2.00 bits per heavy atom. The van der Waals surface area contributed by atoms with Crippen LogP contribution in [-0.4, -0.2) is 27.3 Å². The highest BCUT2D eigenvalue weighted by molar-refractivity contribution is 5.95. The molecule has 0 amide bonds. The number of hydrogen-bond acceptors (Lipinski definition) is 4. The zero-order valence-electron chi connectivity index (χ0n) is 11.9. The standard InChI is InChI=1S/C15H20N4O/c1-11(2)13-5-3-12(4-6-13)9-15(20)14-10-19(8-7-16)18-17-14/h3-6,10-11H,7-9,16H2,1-2H3. The number of carbonyl (C=O) groups is 1. The second-order valence-electron chi connectivity index (χ2n) is 5.15. The van der Waals surface area contributed by atoms with E-state index in [1.54, 1.807) is 10.9 Å². The van der Waals surface area contributed by atoms with E-state index in [2.05, 4.69) is 36.3 Å². The number of nitrogens with two attached hydrogens (primary N) is 1. The Hall–Kier alpha value is -2.01. The lowest BCUT2D eigenvalue weighted by Crippen LogP contribution is -2.10. The van der Waals surface area contributed by atoms with Gasteiger partial charge in [-0.3, -0.25) is 9.48 Å². The van der Waals surface area contributed by atoms with E-state index < -0.39 is 0 Å². The quantitative estimate of drug-likeness (QED) is 0.813. The van der Waals surface area contributed by atoms with Gasteiger partial charge in [0.1, 0.15) is 5.69 Å². The summed E-state index contributed by atoms with van der Waals surface area (Å²) in [5, 5.41) is 7.76. The zero-order valence-corrected chi connectivity index (χ0v) is 11.9. The van der Waals surface area contributed by atoms with Crippen molar-refractivity contribution in [3.05, 3.63) is 47.3 Å². The number of nitrogens with zero attached hydrogens (tertiary/aromatic N) is 3. The van der Waals surface area contributed by atoms with Crippen LogP contribution in [0, 0.1) is 0 Å². The van der Waals surface area contributed by atoms with Gasteiger partial charge in [0.05, 0.1) is 12.7 Å². The van der Waals surface area contributed by atoms with Crippen LogP contribution in [0.5, 0.6) is 0 Å². The fourth-order valence-corrected chi connectivity index (χ4v) is 1.96.